The average Bonchev–Trinajstić information content (AvgIpc) is 2.55. The van der Waals surface area contributed by atoms with Crippen LogP contribution in [0, 0.1) is 6.92 Å². The molecular formula is C11H13N3O. The second-order valence-corrected chi connectivity index (χ2v) is 3.60. The maximum Gasteiger partial charge on any atom is 0.223 e. The van der Waals surface area contributed by atoms with E-state index in [0.717, 1.165) is 22.5 Å². The number of carbonyl (C=O) groups excluding carboxylic acids is 1. The summed E-state index contributed by atoms with van der Waals surface area (Å²) < 4.78 is 0. The number of aromatic amines is 1. The van der Waals surface area contributed by atoms with Crippen LogP contribution in [0.15, 0.2) is 18.2 Å². The molecule has 1 amide bonds. The fourth-order valence-corrected chi connectivity index (χ4v) is 1.52. The van der Waals surface area contributed by atoms with Crippen molar-refractivity contribution in [1.82, 2.24) is 9.97 Å². The predicted octanol–water partition coefficient (Wildman–Crippen LogP) is 1.85. The number of aromatic nitrogens is 2. The van der Waals surface area contributed by atoms with Crippen molar-refractivity contribution >= 4 is 22.6 Å². The fraction of sp³-hybridized carbons (Fsp3) is 0.273. The first-order valence-corrected chi connectivity index (χ1v) is 4.78. The number of fused-ring (bicyclic) bond motifs is 1. The molecular weight excluding hydrogens is 190 g/mol. The molecule has 1 N–H and O–H groups in total. The minimum Gasteiger partial charge on any atom is -0.342 e. The molecule has 0 saturated heterocycles. The molecule has 1 aromatic carbocycles. The highest BCUT2D eigenvalue weighted by molar-refractivity contribution is 5.93. The molecule has 15 heavy (non-hydrogen) atoms. The van der Waals surface area contributed by atoms with E-state index < -0.39 is 0 Å². The summed E-state index contributed by atoms with van der Waals surface area (Å²) in [6, 6.07) is 5.73. The zero-order valence-corrected chi connectivity index (χ0v) is 9.03. The van der Waals surface area contributed by atoms with Crippen LogP contribution in [0.2, 0.25) is 0 Å². The first-order valence-electron chi connectivity index (χ1n) is 4.78. The molecule has 0 fully saturated rings. The number of imidazole rings is 1. The first kappa shape index (κ1) is 9.71. The van der Waals surface area contributed by atoms with Crippen molar-refractivity contribution in [3.8, 4) is 0 Å². The maximum absolute atomic E-state index is 11.2. The summed E-state index contributed by atoms with van der Waals surface area (Å²) in [6.07, 6.45) is 0. The predicted molar refractivity (Wildman–Crippen MR) is 59.9 cm³/mol. The Labute approximate surface area is 87.9 Å². The summed E-state index contributed by atoms with van der Waals surface area (Å²) in [5.74, 6) is 0.901. The maximum atomic E-state index is 11.2. The molecule has 1 heterocycles. The number of aryl methyl sites for hydroxylation is 1. The number of nitrogens with zero attached hydrogens (tertiary/aromatic N) is 2. The summed E-state index contributed by atoms with van der Waals surface area (Å²) >= 11 is 0. The minimum atomic E-state index is 0.0191. The van der Waals surface area contributed by atoms with Gasteiger partial charge in [-0.05, 0) is 25.1 Å². The molecule has 0 saturated carbocycles. The van der Waals surface area contributed by atoms with Gasteiger partial charge in [-0.25, -0.2) is 4.98 Å². The second-order valence-electron chi connectivity index (χ2n) is 3.60. The Bertz CT molecular complexity index is 516. The summed E-state index contributed by atoms with van der Waals surface area (Å²) in [6.45, 7) is 3.46. The minimum absolute atomic E-state index is 0.0191. The van der Waals surface area contributed by atoms with E-state index in [2.05, 4.69) is 9.97 Å². The van der Waals surface area contributed by atoms with Gasteiger partial charge >= 0.3 is 0 Å². The van der Waals surface area contributed by atoms with Gasteiger partial charge in [0.25, 0.3) is 0 Å². The molecule has 0 atom stereocenters. The lowest BCUT2D eigenvalue weighted by atomic mass is 10.2. The number of rotatable bonds is 1. The highest BCUT2D eigenvalue weighted by Gasteiger charge is 2.07. The van der Waals surface area contributed by atoms with Crippen LogP contribution >= 0.6 is 0 Å². The molecule has 0 spiro atoms. The van der Waals surface area contributed by atoms with Crippen LogP contribution in [0.3, 0.4) is 0 Å². The van der Waals surface area contributed by atoms with Gasteiger partial charge in [0.1, 0.15) is 5.82 Å². The van der Waals surface area contributed by atoms with Gasteiger partial charge in [0.05, 0.1) is 11.0 Å². The van der Waals surface area contributed by atoms with Crippen molar-refractivity contribution in [3.63, 3.8) is 0 Å². The van der Waals surface area contributed by atoms with E-state index in [4.69, 9.17) is 0 Å². The zero-order chi connectivity index (χ0) is 11.0. The lowest BCUT2D eigenvalue weighted by Crippen LogP contribution is -2.22. The van der Waals surface area contributed by atoms with Crippen LogP contribution in [0.5, 0.6) is 0 Å². The van der Waals surface area contributed by atoms with E-state index in [9.17, 15) is 4.79 Å². The second kappa shape index (κ2) is 3.38. The van der Waals surface area contributed by atoms with Crippen molar-refractivity contribution in [2.45, 2.75) is 13.8 Å². The number of nitrogens with one attached hydrogen (secondary N) is 1. The van der Waals surface area contributed by atoms with Gasteiger partial charge in [0.2, 0.25) is 5.91 Å². The summed E-state index contributed by atoms with van der Waals surface area (Å²) in [4.78, 5) is 20.2. The lowest BCUT2D eigenvalue weighted by Gasteiger charge is -2.14. The highest BCUT2D eigenvalue weighted by atomic mass is 16.2. The number of benzene rings is 1. The summed E-state index contributed by atoms with van der Waals surface area (Å²) in [5, 5.41) is 0. The lowest BCUT2D eigenvalue weighted by molar-refractivity contribution is -0.116. The number of anilines is 1. The molecule has 2 aromatic rings. The summed E-state index contributed by atoms with van der Waals surface area (Å²) in [5.41, 5.74) is 2.75. The molecule has 1 aromatic heterocycles. The van der Waals surface area contributed by atoms with Crippen LogP contribution in [-0.2, 0) is 4.79 Å². The Balaban J connectivity index is 2.50. The van der Waals surface area contributed by atoms with E-state index in [0.29, 0.717) is 0 Å². The van der Waals surface area contributed by atoms with Crippen LogP contribution in [0.25, 0.3) is 11.0 Å². The third-order valence-corrected chi connectivity index (χ3v) is 2.44. The quantitative estimate of drug-likeness (QED) is 0.769. The van der Waals surface area contributed by atoms with Gasteiger partial charge in [-0.15, -0.1) is 0 Å². The molecule has 4 nitrogen and oxygen atoms in total. The highest BCUT2D eigenvalue weighted by Crippen LogP contribution is 2.19. The Morgan fingerprint density at radius 2 is 2.20 bits per heavy atom. The van der Waals surface area contributed by atoms with Gasteiger partial charge in [-0.2, -0.15) is 0 Å². The molecule has 78 valence electrons. The van der Waals surface area contributed by atoms with Gasteiger partial charge in [-0.3, -0.25) is 4.79 Å². The van der Waals surface area contributed by atoms with Gasteiger partial charge in [0.15, 0.2) is 0 Å². The van der Waals surface area contributed by atoms with Gasteiger partial charge in [-0.1, -0.05) is 0 Å². The van der Waals surface area contributed by atoms with Crippen molar-refractivity contribution < 1.29 is 4.79 Å². The molecule has 0 aliphatic carbocycles. The van der Waals surface area contributed by atoms with E-state index >= 15 is 0 Å². The monoisotopic (exact) mass is 203 g/mol. The number of hydrogen-bond acceptors (Lipinski definition) is 2. The molecule has 0 radical (unpaired) electrons. The van der Waals surface area contributed by atoms with Crippen molar-refractivity contribution in [3.05, 3.63) is 24.0 Å². The number of amides is 1. The van der Waals surface area contributed by atoms with E-state index in [1.807, 2.05) is 25.1 Å². The Hall–Kier alpha value is -1.84. The topological polar surface area (TPSA) is 49.0 Å². The smallest absolute Gasteiger partial charge is 0.223 e. The van der Waals surface area contributed by atoms with Crippen LogP contribution in [0.4, 0.5) is 5.69 Å². The van der Waals surface area contributed by atoms with Crippen LogP contribution in [-0.4, -0.2) is 22.9 Å². The Morgan fingerprint density at radius 3 is 2.87 bits per heavy atom. The molecule has 0 bridgehead atoms. The van der Waals surface area contributed by atoms with Gasteiger partial charge in [0, 0.05) is 19.7 Å². The van der Waals surface area contributed by atoms with Gasteiger partial charge < -0.3 is 9.88 Å². The SMILES string of the molecule is CC(=O)N(C)c1ccc2nc(C)[nH]c2c1. The Morgan fingerprint density at radius 1 is 1.47 bits per heavy atom. The average molecular weight is 203 g/mol. The third kappa shape index (κ3) is 1.70. The molecule has 2 rings (SSSR count). The zero-order valence-electron chi connectivity index (χ0n) is 9.03. The van der Waals surface area contributed by atoms with E-state index in [1.54, 1.807) is 18.9 Å². The van der Waals surface area contributed by atoms with Crippen LogP contribution in [0.1, 0.15) is 12.7 Å². The number of carbonyl (C=O) groups is 1. The van der Waals surface area contributed by atoms with Crippen LogP contribution < -0.4 is 4.90 Å². The fourth-order valence-electron chi connectivity index (χ4n) is 1.52. The van der Waals surface area contributed by atoms with E-state index in [1.165, 1.54) is 0 Å². The number of H-pyrrole nitrogens is 1. The molecule has 0 aliphatic heterocycles. The number of hydrogen-bond donors (Lipinski definition) is 1. The Kier molecular flexibility index (Phi) is 2.19. The largest absolute Gasteiger partial charge is 0.342 e. The van der Waals surface area contributed by atoms with Crippen molar-refractivity contribution in [2.24, 2.45) is 0 Å². The normalized spacial score (nSPS) is 10.6. The first-order chi connectivity index (χ1) is 7.08. The van der Waals surface area contributed by atoms with E-state index in [-0.39, 0.29) is 5.91 Å². The molecule has 0 aliphatic rings. The van der Waals surface area contributed by atoms with Crippen molar-refractivity contribution in [2.75, 3.05) is 11.9 Å². The third-order valence-electron chi connectivity index (χ3n) is 2.44. The summed E-state index contributed by atoms with van der Waals surface area (Å²) in [7, 11) is 1.76. The van der Waals surface area contributed by atoms with Crippen molar-refractivity contribution in [1.29, 1.82) is 0 Å². The standard InChI is InChI=1S/C11H13N3O/c1-7-12-10-5-4-9(6-11(10)13-7)14(3)8(2)15/h4-6H,1-3H3,(H,12,13). The molecule has 0 unspecified atom stereocenters. The molecule has 4 heteroatoms.